The summed E-state index contributed by atoms with van der Waals surface area (Å²) in [7, 11) is 0. The van der Waals surface area contributed by atoms with Crippen molar-refractivity contribution in [2.24, 2.45) is 0 Å². The predicted octanol–water partition coefficient (Wildman–Crippen LogP) is 3.96. The Morgan fingerprint density at radius 1 is 1.10 bits per heavy atom. The summed E-state index contributed by atoms with van der Waals surface area (Å²) in [5.41, 5.74) is 11.3. The van der Waals surface area contributed by atoms with E-state index < -0.39 is 0 Å². The number of aromatic nitrogens is 4. The fraction of sp³-hybridized carbons (Fsp3) is 0.261. The molecule has 0 amide bonds. The van der Waals surface area contributed by atoms with Crippen molar-refractivity contribution in [1.82, 2.24) is 19.6 Å². The zero-order valence-electron chi connectivity index (χ0n) is 17.4. The van der Waals surface area contributed by atoms with Gasteiger partial charge in [0.1, 0.15) is 0 Å². The van der Waals surface area contributed by atoms with Crippen LogP contribution in [-0.4, -0.2) is 19.6 Å². The molecular formula is C23H26N6O. The van der Waals surface area contributed by atoms with Gasteiger partial charge in [0.15, 0.2) is 5.82 Å². The number of H-pyrrole nitrogens is 1. The van der Waals surface area contributed by atoms with Crippen LogP contribution in [-0.2, 0) is 13.0 Å². The van der Waals surface area contributed by atoms with Gasteiger partial charge in [0.25, 0.3) is 11.3 Å². The zero-order valence-corrected chi connectivity index (χ0v) is 17.4. The maximum atomic E-state index is 12.6. The first-order valence-corrected chi connectivity index (χ1v) is 10.2. The van der Waals surface area contributed by atoms with Gasteiger partial charge >= 0.3 is 0 Å². The van der Waals surface area contributed by atoms with Crippen LogP contribution in [0.15, 0.2) is 53.3 Å². The molecule has 0 saturated carbocycles. The summed E-state index contributed by atoms with van der Waals surface area (Å²) in [6.07, 6.45) is 0.945. The number of nitrogens with one attached hydrogen (secondary N) is 2. The molecule has 0 saturated heterocycles. The molecule has 7 heteroatoms. The predicted molar refractivity (Wildman–Crippen MR) is 121 cm³/mol. The Bertz CT molecular complexity index is 1240. The topological polar surface area (TPSA) is 101 Å². The van der Waals surface area contributed by atoms with E-state index in [2.05, 4.69) is 53.3 Å². The van der Waals surface area contributed by atoms with Crippen molar-refractivity contribution in [1.29, 1.82) is 0 Å². The molecule has 30 heavy (non-hydrogen) atoms. The minimum Gasteiger partial charge on any atom is -0.399 e. The van der Waals surface area contributed by atoms with Gasteiger partial charge < -0.3 is 11.1 Å². The maximum Gasteiger partial charge on any atom is 0.274 e. The van der Waals surface area contributed by atoms with Crippen molar-refractivity contribution in [2.75, 3.05) is 11.1 Å². The number of fused-ring (bicyclic) bond motifs is 1. The minimum atomic E-state index is -0.192. The van der Waals surface area contributed by atoms with Gasteiger partial charge in [-0.2, -0.15) is 9.50 Å². The fourth-order valence-corrected chi connectivity index (χ4v) is 3.56. The first-order chi connectivity index (χ1) is 14.4. The molecule has 2 aromatic heterocycles. The molecule has 0 aliphatic heterocycles. The molecular weight excluding hydrogens is 376 g/mol. The van der Waals surface area contributed by atoms with E-state index in [1.54, 1.807) is 0 Å². The van der Waals surface area contributed by atoms with Gasteiger partial charge in [0.05, 0.1) is 12.2 Å². The molecule has 7 nitrogen and oxygen atoms in total. The Kier molecular flexibility index (Phi) is 5.27. The molecule has 0 spiro atoms. The molecule has 154 valence electrons. The van der Waals surface area contributed by atoms with E-state index in [-0.39, 0.29) is 5.56 Å². The highest BCUT2D eigenvalue weighted by Gasteiger charge is 2.12. The SMILES string of the molecule is CCc1cc(-c2nc3nc(CNc4ccc(N)cc4)cc(=O)n3[nH]2)ccc1C(C)C. The second kappa shape index (κ2) is 8.02. The average Bonchev–Trinajstić information content (AvgIpc) is 3.17. The average molecular weight is 403 g/mol. The lowest BCUT2D eigenvalue weighted by Gasteiger charge is -2.12. The number of nitrogen functional groups attached to an aromatic ring is 1. The van der Waals surface area contributed by atoms with Gasteiger partial charge in [0.2, 0.25) is 0 Å². The van der Waals surface area contributed by atoms with E-state index in [1.807, 2.05) is 30.3 Å². The Labute approximate surface area is 175 Å². The number of anilines is 2. The zero-order chi connectivity index (χ0) is 21.3. The minimum absolute atomic E-state index is 0.192. The Morgan fingerprint density at radius 2 is 1.87 bits per heavy atom. The van der Waals surface area contributed by atoms with Crippen LogP contribution in [0.3, 0.4) is 0 Å². The molecule has 0 radical (unpaired) electrons. The molecule has 0 bridgehead atoms. The molecule has 0 aliphatic rings. The van der Waals surface area contributed by atoms with Gasteiger partial charge in [0, 0.05) is 23.0 Å². The van der Waals surface area contributed by atoms with Crippen molar-refractivity contribution < 1.29 is 0 Å². The van der Waals surface area contributed by atoms with Crippen molar-refractivity contribution in [3.8, 4) is 11.4 Å². The van der Waals surface area contributed by atoms with Gasteiger partial charge in [-0.3, -0.25) is 9.89 Å². The molecule has 0 fully saturated rings. The number of nitrogens with two attached hydrogens (primary N) is 1. The molecule has 0 unspecified atom stereocenters. The highest BCUT2D eigenvalue weighted by molar-refractivity contribution is 5.59. The number of rotatable bonds is 6. The molecule has 4 N–H and O–H groups in total. The lowest BCUT2D eigenvalue weighted by atomic mass is 9.94. The summed E-state index contributed by atoms with van der Waals surface area (Å²) in [5, 5.41) is 6.33. The number of hydrogen-bond acceptors (Lipinski definition) is 5. The van der Waals surface area contributed by atoms with Gasteiger partial charge in [-0.15, -0.1) is 0 Å². The van der Waals surface area contributed by atoms with Crippen LogP contribution in [0.4, 0.5) is 11.4 Å². The Balaban J connectivity index is 1.63. The van der Waals surface area contributed by atoms with Crippen LogP contribution >= 0.6 is 0 Å². The van der Waals surface area contributed by atoms with Crippen LogP contribution in [0.5, 0.6) is 0 Å². The van der Waals surface area contributed by atoms with Crippen LogP contribution in [0.1, 0.15) is 43.5 Å². The number of hydrogen-bond donors (Lipinski definition) is 3. The van der Waals surface area contributed by atoms with E-state index in [0.717, 1.165) is 17.7 Å². The second-order valence-corrected chi connectivity index (χ2v) is 7.69. The second-order valence-electron chi connectivity index (χ2n) is 7.69. The first-order valence-electron chi connectivity index (χ1n) is 10.2. The van der Waals surface area contributed by atoms with E-state index in [1.165, 1.54) is 21.7 Å². The normalized spacial score (nSPS) is 11.3. The van der Waals surface area contributed by atoms with Crippen LogP contribution < -0.4 is 16.6 Å². The highest BCUT2D eigenvalue weighted by atomic mass is 16.1. The standard InChI is InChI=1S/C23H26N6O/c1-4-15-11-16(5-10-20(15)14(2)3)22-27-23-26-19(12-21(30)29(23)28-22)13-25-18-8-6-17(24)7-9-18/h5-12,14,25H,4,13,24H2,1-3H3,(H,26,27,28). The summed E-state index contributed by atoms with van der Waals surface area (Å²) in [5.74, 6) is 1.45. The molecule has 0 aliphatic carbocycles. The van der Waals surface area contributed by atoms with E-state index in [9.17, 15) is 4.79 Å². The summed E-state index contributed by atoms with van der Waals surface area (Å²) >= 11 is 0. The maximum absolute atomic E-state index is 12.6. The van der Waals surface area contributed by atoms with Gasteiger partial charge in [-0.05, 0) is 53.8 Å². The summed E-state index contributed by atoms with van der Waals surface area (Å²) < 4.78 is 1.38. The fourth-order valence-electron chi connectivity index (χ4n) is 3.56. The first kappa shape index (κ1) is 19.7. The highest BCUT2D eigenvalue weighted by Crippen LogP contribution is 2.25. The lowest BCUT2D eigenvalue weighted by Crippen LogP contribution is -2.17. The van der Waals surface area contributed by atoms with Crippen molar-refractivity contribution in [3.63, 3.8) is 0 Å². The summed E-state index contributed by atoms with van der Waals surface area (Å²) in [6, 6.07) is 15.3. The van der Waals surface area contributed by atoms with Crippen LogP contribution in [0, 0.1) is 0 Å². The van der Waals surface area contributed by atoms with Crippen molar-refractivity contribution in [3.05, 3.63) is 75.7 Å². The molecule has 2 heterocycles. The number of benzene rings is 2. The Hall–Kier alpha value is -3.61. The summed E-state index contributed by atoms with van der Waals surface area (Å²) in [6.45, 7) is 6.95. The Morgan fingerprint density at radius 3 is 2.57 bits per heavy atom. The van der Waals surface area contributed by atoms with E-state index >= 15 is 0 Å². The van der Waals surface area contributed by atoms with E-state index in [0.29, 0.717) is 35.4 Å². The lowest BCUT2D eigenvalue weighted by molar-refractivity contribution is 0.844. The molecule has 4 rings (SSSR count). The third kappa shape index (κ3) is 3.91. The van der Waals surface area contributed by atoms with Gasteiger partial charge in [-0.1, -0.05) is 32.9 Å². The summed E-state index contributed by atoms with van der Waals surface area (Å²) in [4.78, 5) is 21.7. The van der Waals surface area contributed by atoms with Crippen molar-refractivity contribution in [2.45, 2.75) is 39.7 Å². The third-order valence-corrected chi connectivity index (χ3v) is 5.19. The van der Waals surface area contributed by atoms with Crippen LogP contribution in [0.2, 0.25) is 0 Å². The number of aromatic amines is 1. The number of nitrogens with zero attached hydrogens (tertiary/aromatic N) is 3. The molecule has 4 aromatic rings. The monoisotopic (exact) mass is 402 g/mol. The largest absolute Gasteiger partial charge is 0.399 e. The van der Waals surface area contributed by atoms with Crippen molar-refractivity contribution >= 4 is 17.2 Å². The smallest absolute Gasteiger partial charge is 0.274 e. The van der Waals surface area contributed by atoms with E-state index in [4.69, 9.17) is 5.73 Å². The quantitative estimate of drug-likeness (QED) is 0.424. The number of aryl methyl sites for hydroxylation is 1. The molecule has 0 atom stereocenters. The van der Waals surface area contributed by atoms with Gasteiger partial charge in [-0.25, -0.2) is 4.98 Å². The van der Waals surface area contributed by atoms with Crippen LogP contribution in [0.25, 0.3) is 17.2 Å². The molecule has 2 aromatic carbocycles. The third-order valence-electron chi connectivity index (χ3n) is 5.19.